The van der Waals surface area contributed by atoms with E-state index in [1.54, 1.807) is 0 Å². The smallest absolute Gasteiger partial charge is 0.227 e. The van der Waals surface area contributed by atoms with Crippen LogP contribution in [0, 0.1) is 0 Å². The van der Waals surface area contributed by atoms with Gasteiger partial charge >= 0.3 is 0 Å². The number of nitrogens with zero attached hydrogens (tertiary/aromatic N) is 2. The first-order chi connectivity index (χ1) is 12.7. The number of hydrogen-bond donors (Lipinski definition) is 0. The van der Waals surface area contributed by atoms with Crippen LogP contribution in [0.4, 0.5) is 0 Å². The van der Waals surface area contributed by atoms with Crippen LogP contribution in [-0.2, 0) is 17.8 Å². The monoisotopic (exact) mass is 352 g/mol. The van der Waals surface area contributed by atoms with Crippen LogP contribution in [0.3, 0.4) is 0 Å². The van der Waals surface area contributed by atoms with Crippen molar-refractivity contribution in [1.29, 1.82) is 0 Å². The Labute approximate surface area is 156 Å². The molecular formula is C22H28N2O2. The zero-order chi connectivity index (χ0) is 18.4. The molecule has 1 aliphatic heterocycles. The maximum absolute atomic E-state index is 12.7. The number of piperazine rings is 1. The number of hydrogen-bond acceptors (Lipinski definition) is 3. The van der Waals surface area contributed by atoms with Gasteiger partial charge in [-0.05, 0) is 37.1 Å². The zero-order valence-electron chi connectivity index (χ0n) is 15.7. The second-order valence-corrected chi connectivity index (χ2v) is 6.90. The molecule has 1 heterocycles. The average molecular weight is 352 g/mol. The van der Waals surface area contributed by atoms with Gasteiger partial charge in [-0.3, -0.25) is 9.69 Å². The van der Waals surface area contributed by atoms with Crippen molar-refractivity contribution in [1.82, 2.24) is 9.80 Å². The van der Waals surface area contributed by atoms with Gasteiger partial charge in [-0.2, -0.15) is 0 Å². The molecule has 4 nitrogen and oxygen atoms in total. The Morgan fingerprint density at radius 2 is 1.77 bits per heavy atom. The van der Waals surface area contributed by atoms with E-state index in [2.05, 4.69) is 36.1 Å². The van der Waals surface area contributed by atoms with Crippen LogP contribution in [0.2, 0.25) is 0 Å². The number of benzene rings is 2. The highest BCUT2D eigenvalue weighted by Gasteiger charge is 2.26. The van der Waals surface area contributed by atoms with Crippen molar-refractivity contribution in [3.05, 3.63) is 65.7 Å². The molecule has 3 rings (SSSR count). The van der Waals surface area contributed by atoms with E-state index in [1.165, 1.54) is 5.56 Å². The first-order valence-electron chi connectivity index (χ1n) is 9.43. The lowest BCUT2D eigenvalue weighted by molar-refractivity contribution is -0.133. The summed E-state index contributed by atoms with van der Waals surface area (Å²) < 4.78 is 5.46. The minimum absolute atomic E-state index is 0.209. The fourth-order valence-corrected chi connectivity index (χ4v) is 3.43. The number of amides is 1. The summed E-state index contributed by atoms with van der Waals surface area (Å²) in [6.07, 6.45) is 0.456. The van der Waals surface area contributed by atoms with Crippen molar-refractivity contribution in [2.24, 2.45) is 0 Å². The van der Waals surface area contributed by atoms with Gasteiger partial charge in [0, 0.05) is 32.2 Å². The summed E-state index contributed by atoms with van der Waals surface area (Å²) in [7, 11) is 0. The average Bonchev–Trinajstić information content (AvgIpc) is 2.66. The standard InChI is InChI=1S/C22H28N2O2/c1-3-26-21-11-9-19(10-12-21)15-22(25)24-14-13-23(18(2)16-24)17-20-7-5-4-6-8-20/h4-12,18H,3,13-17H2,1-2H3. The van der Waals surface area contributed by atoms with E-state index in [9.17, 15) is 4.79 Å². The molecule has 0 saturated carbocycles. The Morgan fingerprint density at radius 3 is 2.42 bits per heavy atom. The molecule has 1 aliphatic rings. The lowest BCUT2D eigenvalue weighted by Crippen LogP contribution is -2.53. The highest BCUT2D eigenvalue weighted by molar-refractivity contribution is 5.79. The van der Waals surface area contributed by atoms with Crippen LogP contribution < -0.4 is 4.74 Å². The zero-order valence-corrected chi connectivity index (χ0v) is 15.7. The van der Waals surface area contributed by atoms with Gasteiger partial charge in [0.05, 0.1) is 13.0 Å². The molecule has 2 aromatic carbocycles. The lowest BCUT2D eigenvalue weighted by atomic mass is 10.1. The van der Waals surface area contributed by atoms with Gasteiger partial charge in [-0.15, -0.1) is 0 Å². The molecule has 0 aliphatic carbocycles. The largest absolute Gasteiger partial charge is 0.494 e. The van der Waals surface area contributed by atoms with E-state index in [-0.39, 0.29) is 5.91 Å². The maximum Gasteiger partial charge on any atom is 0.227 e. The molecule has 1 amide bonds. The predicted molar refractivity (Wildman–Crippen MR) is 104 cm³/mol. The molecule has 0 bridgehead atoms. The van der Waals surface area contributed by atoms with E-state index in [1.807, 2.05) is 42.2 Å². The van der Waals surface area contributed by atoms with Crippen molar-refractivity contribution in [3.63, 3.8) is 0 Å². The minimum Gasteiger partial charge on any atom is -0.494 e. The summed E-state index contributed by atoms with van der Waals surface area (Å²) >= 11 is 0. The normalized spacial score (nSPS) is 17.9. The summed E-state index contributed by atoms with van der Waals surface area (Å²) in [6.45, 7) is 8.29. The molecule has 2 aromatic rings. The Hall–Kier alpha value is -2.33. The van der Waals surface area contributed by atoms with Crippen molar-refractivity contribution in [3.8, 4) is 5.75 Å². The van der Waals surface area contributed by atoms with E-state index in [4.69, 9.17) is 4.74 Å². The fourth-order valence-electron chi connectivity index (χ4n) is 3.43. The molecule has 0 aromatic heterocycles. The third-order valence-corrected chi connectivity index (χ3v) is 4.94. The van der Waals surface area contributed by atoms with Crippen molar-refractivity contribution in [2.45, 2.75) is 32.9 Å². The molecule has 1 atom stereocenters. The van der Waals surface area contributed by atoms with Crippen LogP contribution in [0.1, 0.15) is 25.0 Å². The van der Waals surface area contributed by atoms with Gasteiger partial charge in [0.2, 0.25) is 5.91 Å². The Morgan fingerprint density at radius 1 is 1.04 bits per heavy atom. The van der Waals surface area contributed by atoms with E-state index in [0.29, 0.717) is 19.1 Å². The molecule has 1 saturated heterocycles. The second-order valence-electron chi connectivity index (χ2n) is 6.90. The summed E-state index contributed by atoms with van der Waals surface area (Å²) in [5.41, 5.74) is 2.37. The molecule has 1 fully saturated rings. The van der Waals surface area contributed by atoms with Crippen LogP contribution in [0.5, 0.6) is 5.75 Å². The molecular weight excluding hydrogens is 324 g/mol. The van der Waals surface area contributed by atoms with E-state index in [0.717, 1.165) is 37.5 Å². The number of rotatable bonds is 6. The van der Waals surface area contributed by atoms with Crippen LogP contribution >= 0.6 is 0 Å². The first kappa shape index (κ1) is 18.5. The summed E-state index contributed by atoms with van der Waals surface area (Å²) in [5.74, 6) is 1.06. The Kier molecular flexibility index (Phi) is 6.29. The van der Waals surface area contributed by atoms with Gasteiger partial charge < -0.3 is 9.64 Å². The van der Waals surface area contributed by atoms with Crippen LogP contribution in [0.15, 0.2) is 54.6 Å². The van der Waals surface area contributed by atoms with Gasteiger partial charge in [0.15, 0.2) is 0 Å². The second kappa shape index (κ2) is 8.86. The quantitative estimate of drug-likeness (QED) is 0.799. The topological polar surface area (TPSA) is 32.8 Å². The van der Waals surface area contributed by atoms with Crippen LogP contribution in [-0.4, -0.2) is 48.0 Å². The summed E-state index contributed by atoms with van der Waals surface area (Å²) in [4.78, 5) is 17.1. The van der Waals surface area contributed by atoms with E-state index < -0.39 is 0 Å². The highest BCUT2D eigenvalue weighted by Crippen LogP contribution is 2.16. The van der Waals surface area contributed by atoms with Crippen LogP contribution in [0.25, 0.3) is 0 Å². The summed E-state index contributed by atoms with van der Waals surface area (Å²) in [6, 6.07) is 18.7. The maximum atomic E-state index is 12.7. The molecule has 26 heavy (non-hydrogen) atoms. The third kappa shape index (κ3) is 4.85. The SMILES string of the molecule is CCOc1ccc(CC(=O)N2CCN(Cc3ccccc3)C(C)C2)cc1. The third-order valence-electron chi connectivity index (χ3n) is 4.94. The molecule has 0 N–H and O–H groups in total. The lowest BCUT2D eigenvalue weighted by Gasteiger charge is -2.40. The van der Waals surface area contributed by atoms with Gasteiger partial charge in [-0.25, -0.2) is 0 Å². The number of carbonyl (C=O) groups excluding carboxylic acids is 1. The summed E-state index contributed by atoms with van der Waals surface area (Å²) in [5, 5.41) is 0. The van der Waals surface area contributed by atoms with Gasteiger partial charge in [-0.1, -0.05) is 42.5 Å². The molecule has 1 unspecified atom stereocenters. The van der Waals surface area contributed by atoms with Crippen molar-refractivity contribution in [2.75, 3.05) is 26.2 Å². The van der Waals surface area contributed by atoms with Crippen molar-refractivity contribution < 1.29 is 9.53 Å². The molecule has 4 heteroatoms. The van der Waals surface area contributed by atoms with Crippen molar-refractivity contribution >= 4 is 5.91 Å². The highest BCUT2D eigenvalue weighted by atomic mass is 16.5. The van der Waals surface area contributed by atoms with E-state index >= 15 is 0 Å². The fraction of sp³-hybridized carbons (Fsp3) is 0.409. The number of ether oxygens (including phenoxy) is 1. The molecule has 0 spiro atoms. The predicted octanol–water partition coefficient (Wildman–Crippen LogP) is 3.36. The van der Waals surface area contributed by atoms with Gasteiger partial charge in [0.25, 0.3) is 0 Å². The molecule has 138 valence electrons. The number of carbonyl (C=O) groups is 1. The Balaban J connectivity index is 1.52. The molecule has 0 radical (unpaired) electrons. The first-order valence-corrected chi connectivity index (χ1v) is 9.43. The minimum atomic E-state index is 0.209. The van der Waals surface area contributed by atoms with Gasteiger partial charge in [0.1, 0.15) is 5.75 Å². The Bertz CT molecular complexity index is 700.